The third-order valence-electron chi connectivity index (χ3n) is 2.56. The molecule has 0 fully saturated rings. The molecule has 0 spiro atoms. The molecule has 1 aliphatic heterocycles. The summed E-state index contributed by atoms with van der Waals surface area (Å²) in [6.45, 7) is 2.11. The zero-order valence-electron chi connectivity index (χ0n) is 9.89. The quantitative estimate of drug-likeness (QED) is 0.754. The second-order valence-electron chi connectivity index (χ2n) is 3.96. The van der Waals surface area contributed by atoms with Crippen molar-refractivity contribution in [1.82, 2.24) is 14.1 Å². The van der Waals surface area contributed by atoms with Crippen LogP contribution in [0.4, 0.5) is 0 Å². The van der Waals surface area contributed by atoms with Crippen molar-refractivity contribution < 1.29 is 14.6 Å². The molecule has 0 aromatic carbocycles. The Kier molecular flexibility index (Phi) is 4.66. The van der Waals surface area contributed by atoms with Gasteiger partial charge in [0.15, 0.2) is 0 Å². The number of aliphatic carboxylic acids is 1. The van der Waals surface area contributed by atoms with E-state index in [1.165, 1.54) is 0 Å². The van der Waals surface area contributed by atoms with Gasteiger partial charge in [-0.2, -0.15) is 4.37 Å². The Morgan fingerprint density at radius 2 is 2.44 bits per heavy atom. The van der Waals surface area contributed by atoms with Crippen LogP contribution >= 0.6 is 11.7 Å². The Labute approximate surface area is 109 Å². The topological polar surface area (TPSA) is 84.3 Å². The molecule has 0 saturated heterocycles. The molecule has 0 amide bonds. The SMILES string of the molecule is O=C(O)CCCOc1nsnc1C1=CCCNC1. The minimum absolute atomic E-state index is 0.108. The van der Waals surface area contributed by atoms with Crippen molar-refractivity contribution >= 4 is 23.3 Å². The van der Waals surface area contributed by atoms with Gasteiger partial charge in [0.1, 0.15) is 5.69 Å². The van der Waals surface area contributed by atoms with Crippen molar-refractivity contribution in [3.63, 3.8) is 0 Å². The standard InChI is InChI=1S/C11H15N3O3S/c15-9(16)4-2-6-17-11-10(13-18-14-11)8-3-1-5-12-7-8/h3,12H,1-2,4-7H2,(H,15,16). The van der Waals surface area contributed by atoms with Gasteiger partial charge >= 0.3 is 5.97 Å². The summed E-state index contributed by atoms with van der Waals surface area (Å²) in [4.78, 5) is 10.4. The molecule has 1 aromatic heterocycles. The number of aromatic nitrogens is 2. The maximum Gasteiger partial charge on any atom is 0.303 e. The van der Waals surface area contributed by atoms with E-state index in [4.69, 9.17) is 9.84 Å². The second-order valence-corrected chi connectivity index (χ2v) is 4.49. The van der Waals surface area contributed by atoms with E-state index < -0.39 is 5.97 Å². The van der Waals surface area contributed by atoms with Crippen LogP contribution in [0.5, 0.6) is 5.88 Å². The van der Waals surface area contributed by atoms with Gasteiger partial charge < -0.3 is 15.2 Å². The van der Waals surface area contributed by atoms with Crippen LogP contribution in [0.2, 0.25) is 0 Å². The molecule has 0 saturated carbocycles. The summed E-state index contributed by atoms with van der Waals surface area (Å²) in [5.74, 6) is -0.297. The lowest BCUT2D eigenvalue weighted by Crippen LogP contribution is -2.21. The summed E-state index contributed by atoms with van der Waals surface area (Å²) in [7, 11) is 0. The molecule has 6 nitrogen and oxygen atoms in total. The normalized spacial score (nSPS) is 15.2. The summed E-state index contributed by atoms with van der Waals surface area (Å²) >= 11 is 1.11. The van der Waals surface area contributed by atoms with Gasteiger partial charge in [0.2, 0.25) is 0 Å². The first kappa shape index (κ1) is 13.0. The second kappa shape index (κ2) is 6.46. The summed E-state index contributed by atoms with van der Waals surface area (Å²) in [6, 6.07) is 0. The van der Waals surface area contributed by atoms with E-state index in [0.717, 1.165) is 42.5 Å². The van der Waals surface area contributed by atoms with Crippen molar-refractivity contribution in [2.24, 2.45) is 0 Å². The zero-order chi connectivity index (χ0) is 12.8. The molecular weight excluding hydrogens is 254 g/mol. The molecule has 1 aliphatic rings. The van der Waals surface area contributed by atoms with Crippen LogP contribution in [0.25, 0.3) is 5.57 Å². The molecule has 0 bridgehead atoms. The van der Waals surface area contributed by atoms with Gasteiger partial charge in [0.25, 0.3) is 5.88 Å². The molecule has 2 N–H and O–H groups in total. The first-order valence-electron chi connectivity index (χ1n) is 5.84. The van der Waals surface area contributed by atoms with Gasteiger partial charge in [0, 0.05) is 13.0 Å². The maximum absolute atomic E-state index is 10.4. The lowest BCUT2D eigenvalue weighted by Gasteiger charge is -2.13. The number of ether oxygens (including phenoxy) is 1. The third-order valence-corrected chi connectivity index (χ3v) is 3.08. The Balaban J connectivity index is 1.91. The van der Waals surface area contributed by atoms with Crippen molar-refractivity contribution in [2.45, 2.75) is 19.3 Å². The van der Waals surface area contributed by atoms with Gasteiger partial charge in [-0.25, -0.2) is 0 Å². The molecule has 18 heavy (non-hydrogen) atoms. The van der Waals surface area contributed by atoms with Crippen molar-refractivity contribution in [2.75, 3.05) is 19.7 Å². The van der Waals surface area contributed by atoms with Gasteiger partial charge in [-0.1, -0.05) is 6.08 Å². The molecular formula is C11H15N3O3S. The largest absolute Gasteiger partial charge is 0.481 e. The van der Waals surface area contributed by atoms with Crippen molar-refractivity contribution in [3.8, 4) is 5.88 Å². The van der Waals surface area contributed by atoms with E-state index in [2.05, 4.69) is 20.1 Å². The fourth-order valence-electron chi connectivity index (χ4n) is 1.69. The van der Waals surface area contributed by atoms with Gasteiger partial charge in [-0.15, -0.1) is 4.37 Å². The van der Waals surface area contributed by atoms with Crippen LogP contribution in [-0.2, 0) is 4.79 Å². The summed E-state index contributed by atoms with van der Waals surface area (Å²) in [5.41, 5.74) is 1.88. The number of hydrogen-bond acceptors (Lipinski definition) is 6. The number of hydrogen-bond donors (Lipinski definition) is 2. The fourth-order valence-corrected chi connectivity index (χ4v) is 2.22. The smallest absolute Gasteiger partial charge is 0.303 e. The molecule has 2 heterocycles. The lowest BCUT2D eigenvalue weighted by atomic mass is 10.1. The van der Waals surface area contributed by atoms with Crippen molar-refractivity contribution in [3.05, 3.63) is 11.8 Å². The van der Waals surface area contributed by atoms with Crippen molar-refractivity contribution in [1.29, 1.82) is 0 Å². The van der Waals surface area contributed by atoms with Gasteiger partial charge in [-0.05, 0) is 25.0 Å². The summed E-state index contributed by atoms with van der Waals surface area (Å²) < 4.78 is 13.8. The molecule has 98 valence electrons. The Morgan fingerprint density at radius 3 is 3.17 bits per heavy atom. The van der Waals surface area contributed by atoms with E-state index in [1.807, 2.05) is 0 Å². The highest BCUT2D eigenvalue weighted by Crippen LogP contribution is 2.25. The number of carboxylic acids is 1. The van der Waals surface area contributed by atoms with Crippen LogP contribution < -0.4 is 10.1 Å². The Bertz CT molecular complexity index is 444. The monoisotopic (exact) mass is 269 g/mol. The zero-order valence-corrected chi connectivity index (χ0v) is 10.7. The number of carboxylic acid groups (broad SMARTS) is 1. The highest BCUT2D eigenvalue weighted by Gasteiger charge is 2.15. The highest BCUT2D eigenvalue weighted by molar-refractivity contribution is 6.99. The van der Waals surface area contributed by atoms with Crippen LogP contribution in [0.3, 0.4) is 0 Å². The number of nitrogens with one attached hydrogen (secondary N) is 1. The minimum Gasteiger partial charge on any atom is -0.481 e. The van der Waals surface area contributed by atoms with E-state index in [9.17, 15) is 4.79 Å². The molecule has 0 unspecified atom stereocenters. The molecule has 0 atom stereocenters. The molecule has 0 aliphatic carbocycles. The van der Waals surface area contributed by atoms with Crippen LogP contribution in [0, 0.1) is 0 Å². The molecule has 7 heteroatoms. The average molecular weight is 269 g/mol. The molecule has 0 radical (unpaired) electrons. The predicted octanol–water partition coefficient (Wildman–Crippen LogP) is 1.16. The average Bonchev–Trinajstić information content (AvgIpc) is 2.84. The molecule has 2 rings (SSSR count). The molecule has 1 aromatic rings. The van der Waals surface area contributed by atoms with Crippen LogP contribution in [0.15, 0.2) is 6.08 Å². The maximum atomic E-state index is 10.4. The van der Waals surface area contributed by atoms with E-state index in [1.54, 1.807) is 0 Å². The van der Waals surface area contributed by atoms with Crippen LogP contribution in [0.1, 0.15) is 25.0 Å². The fraction of sp³-hybridized carbons (Fsp3) is 0.545. The number of nitrogens with zero attached hydrogens (tertiary/aromatic N) is 2. The highest BCUT2D eigenvalue weighted by atomic mass is 32.1. The van der Waals surface area contributed by atoms with Gasteiger partial charge in [-0.3, -0.25) is 4.79 Å². The number of carbonyl (C=O) groups is 1. The van der Waals surface area contributed by atoms with Crippen LogP contribution in [-0.4, -0.2) is 39.5 Å². The predicted molar refractivity (Wildman–Crippen MR) is 67.7 cm³/mol. The number of rotatable bonds is 6. The van der Waals surface area contributed by atoms with E-state index >= 15 is 0 Å². The van der Waals surface area contributed by atoms with Gasteiger partial charge in [0.05, 0.1) is 18.3 Å². The van der Waals surface area contributed by atoms with E-state index in [-0.39, 0.29) is 6.42 Å². The summed E-state index contributed by atoms with van der Waals surface area (Å²) in [5, 5.41) is 11.8. The minimum atomic E-state index is -0.811. The Morgan fingerprint density at radius 1 is 1.56 bits per heavy atom. The third kappa shape index (κ3) is 3.51. The lowest BCUT2D eigenvalue weighted by molar-refractivity contribution is -0.137. The first-order valence-corrected chi connectivity index (χ1v) is 6.57. The Hall–Kier alpha value is -1.47. The first-order chi connectivity index (χ1) is 8.77. The summed E-state index contributed by atoms with van der Waals surface area (Å²) in [6.07, 6.45) is 3.70. The van der Waals surface area contributed by atoms with E-state index in [0.29, 0.717) is 18.9 Å².